The summed E-state index contributed by atoms with van der Waals surface area (Å²) in [7, 11) is 0. The van der Waals surface area contributed by atoms with Gasteiger partial charge in [-0.05, 0) is 60.9 Å². The Morgan fingerprint density at radius 2 is 1.57 bits per heavy atom. The lowest BCUT2D eigenvalue weighted by atomic mass is 10.0. The zero-order valence-electron chi connectivity index (χ0n) is 19.8. The topological polar surface area (TPSA) is 109 Å². The van der Waals surface area contributed by atoms with Gasteiger partial charge in [0, 0.05) is 23.1 Å². The van der Waals surface area contributed by atoms with Crippen LogP contribution in [-0.4, -0.2) is 27.0 Å². The van der Waals surface area contributed by atoms with Gasteiger partial charge >= 0.3 is 0 Å². The van der Waals surface area contributed by atoms with Gasteiger partial charge in [-0.25, -0.2) is 0 Å². The monoisotopic (exact) mass is 489 g/mol. The molecule has 5 aromatic rings. The standard InChI is InChI=1S/C29H23N5O3/c35-28(18-10-11-18)31-25-8-4-5-9-26(25)32-29(36)27-23-15-19(12-13-24(23)33-34-27)20-14-22(17-30-16-20)37-21-6-2-1-3-7-21/h1-9,12-18H,10-11H2,(H,31,35)(H,32,36)(H,33,34). The third-order valence-electron chi connectivity index (χ3n) is 6.18. The third kappa shape index (κ3) is 4.90. The maximum atomic E-state index is 13.2. The second kappa shape index (κ2) is 9.58. The number of aromatic nitrogens is 3. The van der Waals surface area contributed by atoms with Gasteiger partial charge in [-0.1, -0.05) is 36.4 Å². The van der Waals surface area contributed by atoms with Gasteiger partial charge in [0.2, 0.25) is 5.91 Å². The van der Waals surface area contributed by atoms with Gasteiger partial charge < -0.3 is 15.4 Å². The first-order chi connectivity index (χ1) is 18.1. The van der Waals surface area contributed by atoms with Crippen LogP contribution in [0.3, 0.4) is 0 Å². The first kappa shape index (κ1) is 22.5. The van der Waals surface area contributed by atoms with Crippen molar-refractivity contribution in [1.82, 2.24) is 15.2 Å². The molecule has 0 aliphatic heterocycles. The number of hydrogen-bond acceptors (Lipinski definition) is 5. The Bertz CT molecular complexity index is 1610. The Hall–Kier alpha value is -4.98. The SMILES string of the molecule is O=C(Nc1ccccc1NC(=O)C1CC1)c1n[nH]c2ccc(-c3cncc(Oc4ccccc4)c3)cc12. The number of hydrogen-bond donors (Lipinski definition) is 3. The molecule has 0 spiro atoms. The van der Waals surface area contributed by atoms with Gasteiger partial charge in [0.25, 0.3) is 5.91 Å². The van der Waals surface area contributed by atoms with Gasteiger partial charge in [-0.2, -0.15) is 5.10 Å². The molecular formula is C29H23N5O3. The summed E-state index contributed by atoms with van der Waals surface area (Å²) in [5.74, 6) is 0.987. The zero-order valence-corrected chi connectivity index (χ0v) is 19.8. The molecule has 8 heteroatoms. The molecule has 37 heavy (non-hydrogen) atoms. The minimum absolute atomic E-state index is 0.0244. The molecule has 2 amide bonds. The van der Waals surface area contributed by atoms with Crippen LogP contribution in [0, 0.1) is 5.92 Å². The van der Waals surface area contributed by atoms with E-state index >= 15 is 0 Å². The van der Waals surface area contributed by atoms with E-state index in [2.05, 4.69) is 25.8 Å². The summed E-state index contributed by atoms with van der Waals surface area (Å²) in [6.07, 6.45) is 5.21. The number of amides is 2. The smallest absolute Gasteiger partial charge is 0.276 e. The van der Waals surface area contributed by atoms with E-state index in [1.54, 1.807) is 30.6 Å². The lowest BCUT2D eigenvalue weighted by Crippen LogP contribution is -2.18. The highest BCUT2D eigenvalue weighted by molar-refractivity contribution is 6.13. The molecule has 3 N–H and O–H groups in total. The van der Waals surface area contributed by atoms with E-state index in [0.717, 1.165) is 35.2 Å². The fraction of sp³-hybridized carbons (Fsp3) is 0.103. The van der Waals surface area contributed by atoms with Crippen molar-refractivity contribution in [3.63, 3.8) is 0 Å². The van der Waals surface area contributed by atoms with Crippen LogP contribution in [0.15, 0.2) is 91.3 Å². The molecule has 0 bridgehead atoms. The maximum absolute atomic E-state index is 13.2. The zero-order chi connectivity index (χ0) is 25.2. The number of anilines is 2. The first-order valence-electron chi connectivity index (χ1n) is 12.0. The average Bonchev–Trinajstić information content (AvgIpc) is 3.69. The quantitative estimate of drug-likeness (QED) is 0.259. The van der Waals surface area contributed by atoms with Gasteiger partial charge in [0.05, 0.1) is 23.1 Å². The summed E-state index contributed by atoms with van der Waals surface area (Å²) in [6.45, 7) is 0. The van der Waals surface area contributed by atoms with Gasteiger partial charge in [0.1, 0.15) is 11.5 Å². The average molecular weight is 490 g/mol. The highest BCUT2D eigenvalue weighted by Gasteiger charge is 2.30. The Morgan fingerprint density at radius 3 is 2.35 bits per heavy atom. The van der Waals surface area contributed by atoms with Crippen molar-refractivity contribution in [3.05, 3.63) is 97.0 Å². The summed E-state index contributed by atoms with van der Waals surface area (Å²) >= 11 is 0. The van der Waals surface area contributed by atoms with E-state index in [1.807, 2.05) is 60.7 Å². The number of carbonyl (C=O) groups is 2. The number of pyridine rings is 1. The molecule has 0 unspecified atom stereocenters. The molecule has 1 aliphatic carbocycles. The summed E-state index contributed by atoms with van der Waals surface area (Å²) in [4.78, 5) is 29.8. The van der Waals surface area contributed by atoms with E-state index in [9.17, 15) is 9.59 Å². The Kier molecular flexibility index (Phi) is 5.82. The molecule has 1 fully saturated rings. The molecule has 3 aromatic carbocycles. The molecule has 6 rings (SSSR count). The number of fused-ring (bicyclic) bond motifs is 1. The van der Waals surface area contributed by atoms with Gasteiger partial charge in [0.15, 0.2) is 5.69 Å². The van der Waals surface area contributed by atoms with Crippen LogP contribution in [-0.2, 0) is 4.79 Å². The molecule has 1 aliphatic rings. The lowest BCUT2D eigenvalue weighted by Gasteiger charge is -2.11. The number of nitrogens with one attached hydrogen (secondary N) is 3. The number of benzene rings is 3. The predicted octanol–water partition coefficient (Wildman–Crippen LogP) is 6.02. The van der Waals surface area contributed by atoms with Crippen molar-refractivity contribution in [2.75, 3.05) is 10.6 Å². The molecule has 0 saturated heterocycles. The normalized spacial score (nSPS) is 12.8. The van der Waals surface area contributed by atoms with Crippen LogP contribution in [0.5, 0.6) is 11.5 Å². The largest absolute Gasteiger partial charge is 0.456 e. The molecule has 2 aromatic heterocycles. The minimum Gasteiger partial charge on any atom is -0.456 e. The molecule has 8 nitrogen and oxygen atoms in total. The molecule has 0 radical (unpaired) electrons. The van der Waals surface area contributed by atoms with Crippen LogP contribution >= 0.6 is 0 Å². The number of ether oxygens (including phenoxy) is 1. The van der Waals surface area contributed by atoms with E-state index in [-0.39, 0.29) is 23.4 Å². The van der Waals surface area contributed by atoms with E-state index < -0.39 is 0 Å². The second-order valence-corrected chi connectivity index (χ2v) is 8.92. The van der Waals surface area contributed by atoms with Crippen molar-refractivity contribution in [2.24, 2.45) is 5.92 Å². The van der Waals surface area contributed by atoms with E-state index in [0.29, 0.717) is 22.5 Å². The molecule has 2 heterocycles. The predicted molar refractivity (Wildman–Crippen MR) is 142 cm³/mol. The van der Waals surface area contributed by atoms with Crippen molar-refractivity contribution in [2.45, 2.75) is 12.8 Å². The van der Waals surface area contributed by atoms with Crippen LogP contribution in [0.2, 0.25) is 0 Å². The van der Waals surface area contributed by atoms with E-state index in [1.165, 1.54) is 0 Å². The van der Waals surface area contributed by atoms with Crippen molar-refractivity contribution in [1.29, 1.82) is 0 Å². The van der Waals surface area contributed by atoms with Gasteiger partial charge in [-0.15, -0.1) is 0 Å². The fourth-order valence-corrected chi connectivity index (χ4v) is 4.09. The summed E-state index contributed by atoms with van der Waals surface area (Å²) in [5, 5.41) is 13.7. The number of aromatic amines is 1. The summed E-state index contributed by atoms with van der Waals surface area (Å²) < 4.78 is 5.92. The van der Waals surface area contributed by atoms with Crippen LogP contribution < -0.4 is 15.4 Å². The van der Waals surface area contributed by atoms with Crippen LogP contribution in [0.4, 0.5) is 11.4 Å². The second-order valence-electron chi connectivity index (χ2n) is 8.92. The first-order valence-corrected chi connectivity index (χ1v) is 12.0. The Balaban J connectivity index is 1.26. The minimum atomic E-state index is -0.379. The fourth-order valence-electron chi connectivity index (χ4n) is 4.09. The third-order valence-corrected chi connectivity index (χ3v) is 6.18. The number of para-hydroxylation sites is 3. The van der Waals surface area contributed by atoms with Crippen molar-refractivity contribution < 1.29 is 14.3 Å². The van der Waals surface area contributed by atoms with Gasteiger partial charge in [-0.3, -0.25) is 19.7 Å². The lowest BCUT2D eigenvalue weighted by molar-refractivity contribution is -0.117. The molecule has 1 saturated carbocycles. The van der Waals surface area contributed by atoms with E-state index in [4.69, 9.17) is 4.74 Å². The number of rotatable bonds is 7. The summed E-state index contributed by atoms with van der Waals surface area (Å²) in [5.41, 5.74) is 3.78. The maximum Gasteiger partial charge on any atom is 0.276 e. The molecule has 182 valence electrons. The number of nitrogens with zero attached hydrogens (tertiary/aromatic N) is 2. The molecule has 0 atom stereocenters. The Morgan fingerprint density at radius 1 is 0.811 bits per heavy atom. The highest BCUT2D eigenvalue weighted by Crippen LogP contribution is 2.32. The Labute approximate surface area is 212 Å². The highest BCUT2D eigenvalue weighted by atomic mass is 16.5. The molecular weight excluding hydrogens is 466 g/mol. The summed E-state index contributed by atoms with van der Waals surface area (Å²) in [6, 6.07) is 24.3. The van der Waals surface area contributed by atoms with Crippen molar-refractivity contribution in [3.8, 4) is 22.6 Å². The number of H-pyrrole nitrogens is 1. The number of carbonyl (C=O) groups excluding carboxylic acids is 2. The van der Waals surface area contributed by atoms with Crippen LogP contribution in [0.1, 0.15) is 23.3 Å². The van der Waals surface area contributed by atoms with Crippen LogP contribution in [0.25, 0.3) is 22.0 Å². The van der Waals surface area contributed by atoms with Crippen molar-refractivity contribution >= 4 is 34.1 Å².